The van der Waals surface area contributed by atoms with E-state index in [1.54, 1.807) is 0 Å². The number of rotatable bonds is 7. The fourth-order valence-corrected chi connectivity index (χ4v) is 6.90. The summed E-state index contributed by atoms with van der Waals surface area (Å²) < 4.78 is 69.4. The van der Waals surface area contributed by atoms with Crippen molar-refractivity contribution in [3.63, 3.8) is 0 Å². The Morgan fingerprint density at radius 1 is 1.34 bits per heavy atom. The van der Waals surface area contributed by atoms with E-state index in [0.717, 1.165) is 19.4 Å². The van der Waals surface area contributed by atoms with E-state index < -0.39 is 36.5 Å². The van der Waals surface area contributed by atoms with Crippen LogP contribution in [0.25, 0.3) is 10.9 Å². The molecule has 6 rings (SSSR count). The molecule has 0 amide bonds. The minimum Gasteiger partial charge on any atom is -0.489 e. The minimum absolute atomic E-state index is 0.00320. The number of anilines is 1. The molecule has 0 bridgehead atoms. The van der Waals surface area contributed by atoms with Crippen molar-refractivity contribution in [1.82, 2.24) is 14.9 Å². The van der Waals surface area contributed by atoms with E-state index in [2.05, 4.69) is 36.9 Å². The molecular formula is C25H25BrClF4N5O2. The zero-order chi connectivity index (χ0) is 26.8. The standard InChI is InChI=1S/C25H25BrClF4N5O2/c26-18-19(27)22-17-21(20(18)31)33-24(38-11-25-2-1-3-35(25)8-14(28)6-25)34-23(17)36(9-16(29)30)15(10-37-22)5-12-4-13(12)7-32/h12-16H,1-6,8-11H2/t12?,13?,14-,15?,25+/m1/s1. The van der Waals surface area contributed by atoms with Crippen molar-refractivity contribution in [2.24, 2.45) is 11.8 Å². The number of alkyl halides is 3. The number of nitrogens with zero attached hydrogens (tertiary/aromatic N) is 5. The lowest BCUT2D eigenvalue weighted by atomic mass is 9.95. The molecule has 5 atom stereocenters. The molecule has 3 fully saturated rings. The van der Waals surface area contributed by atoms with Gasteiger partial charge in [-0.25, -0.2) is 17.6 Å². The molecule has 7 nitrogen and oxygen atoms in total. The third-order valence-corrected chi connectivity index (χ3v) is 9.58. The van der Waals surface area contributed by atoms with Crippen LogP contribution < -0.4 is 14.4 Å². The van der Waals surface area contributed by atoms with E-state index in [0.29, 0.717) is 25.8 Å². The second-order valence-corrected chi connectivity index (χ2v) is 11.8. The van der Waals surface area contributed by atoms with Crippen LogP contribution in [0.15, 0.2) is 4.47 Å². The van der Waals surface area contributed by atoms with Crippen molar-refractivity contribution in [3.05, 3.63) is 15.3 Å². The van der Waals surface area contributed by atoms with Crippen LogP contribution in [0.1, 0.15) is 32.1 Å². The number of fused-ring (bicyclic) bond motifs is 1. The molecule has 1 aliphatic carbocycles. The van der Waals surface area contributed by atoms with Gasteiger partial charge < -0.3 is 14.4 Å². The van der Waals surface area contributed by atoms with Crippen LogP contribution in [0.2, 0.25) is 5.02 Å². The van der Waals surface area contributed by atoms with E-state index in [9.17, 15) is 18.4 Å². The summed E-state index contributed by atoms with van der Waals surface area (Å²) >= 11 is 9.59. The summed E-state index contributed by atoms with van der Waals surface area (Å²) in [5, 5.41) is 9.30. The van der Waals surface area contributed by atoms with Gasteiger partial charge in [0.05, 0.1) is 34.1 Å². The maximum absolute atomic E-state index is 15.5. The molecule has 1 saturated carbocycles. The predicted molar refractivity (Wildman–Crippen MR) is 135 cm³/mol. The minimum atomic E-state index is -2.72. The van der Waals surface area contributed by atoms with Gasteiger partial charge in [0, 0.05) is 18.9 Å². The molecule has 0 N–H and O–H groups in total. The SMILES string of the molecule is N#CC1CC1CC1COc2c(Cl)c(Br)c(F)c3nc(OC[C@@]45CCCN4C[C@H](F)C5)nc(c23)N1CC(F)F. The van der Waals surface area contributed by atoms with Crippen LogP contribution in [-0.4, -0.2) is 71.9 Å². The summed E-state index contributed by atoms with van der Waals surface area (Å²) in [5.41, 5.74) is -0.670. The highest BCUT2D eigenvalue weighted by molar-refractivity contribution is 9.10. The van der Waals surface area contributed by atoms with Gasteiger partial charge in [-0.15, -0.1) is 0 Å². The molecule has 1 aromatic carbocycles. The molecule has 4 heterocycles. The Balaban J connectivity index is 1.43. The highest BCUT2D eigenvalue weighted by Crippen LogP contribution is 2.49. The van der Waals surface area contributed by atoms with Crippen molar-refractivity contribution in [2.75, 3.05) is 37.7 Å². The number of hydrogen-bond acceptors (Lipinski definition) is 7. The first kappa shape index (κ1) is 26.1. The van der Waals surface area contributed by atoms with Gasteiger partial charge >= 0.3 is 6.01 Å². The van der Waals surface area contributed by atoms with Crippen molar-refractivity contribution in [2.45, 2.75) is 56.3 Å². The first-order valence-corrected chi connectivity index (χ1v) is 13.8. The Morgan fingerprint density at radius 3 is 2.89 bits per heavy atom. The summed E-state index contributed by atoms with van der Waals surface area (Å²) in [6.07, 6.45) is -0.581. The van der Waals surface area contributed by atoms with Crippen LogP contribution in [0, 0.1) is 29.0 Å². The highest BCUT2D eigenvalue weighted by atomic mass is 79.9. The normalized spacial score (nSPS) is 30.3. The van der Waals surface area contributed by atoms with Gasteiger partial charge in [0.15, 0.2) is 11.6 Å². The second kappa shape index (κ2) is 9.82. The molecule has 4 aliphatic rings. The number of ether oxygens (including phenoxy) is 2. The van der Waals surface area contributed by atoms with Crippen LogP contribution in [0.4, 0.5) is 23.4 Å². The number of aromatic nitrogens is 2. The fraction of sp³-hybridized carbons (Fsp3) is 0.640. The Kier molecular flexibility index (Phi) is 6.76. The van der Waals surface area contributed by atoms with Gasteiger partial charge in [-0.05, 0) is 54.1 Å². The Bertz CT molecular complexity index is 1320. The average Bonchev–Trinajstić information content (AvgIpc) is 3.46. The Morgan fingerprint density at radius 2 is 2.16 bits per heavy atom. The van der Waals surface area contributed by atoms with E-state index in [1.165, 1.54) is 4.90 Å². The lowest BCUT2D eigenvalue weighted by Crippen LogP contribution is -2.44. The highest BCUT2D eigenvalue weighted by Gasteiger charge is 2.49. The van der Waals surface area contributed by atoms with Crippen molar-refractivity contribution in [3.8, 4) is 17.8 Å². The van der Waals surface area contributed by atoms with Crippen LogP contribution in [-0.2, 0) is 0 Å². The molecule has 204 valence electrons. The first-order valence-electron chi connectivity index (χ1n) is 12.7. The largest absolute Gasteiger partial charge is 0.489 e. The van der Waals surface area contributed by atoms with E-state index >= 15 is 4.39 Å². The third kappa shape index (κ3) is 4.44. The van der Waals surface area contributed by atoms with Gasteiger partial charge in [0.1, 0.15) is 35.7 Å². The monoisotopic (exact) mass is 617 g/mol. The summed E-state index contributed by atoms with van der Waals surface area (Å²) in [7, 11) is 0. The summed E-state index contributed by atoms with van der Waals surface area (Å²) in [6.45, 7) is 0.518. The average molecular weight is 619 g/mol. The molecule has 2 saturated heterocycles. The van der Waals surface area contributed by atoms with Crippen LogP contribution >= 0.6 is 27.5 Å². The van der Waals surface area contributed by atoms with E-state index in [1.807, 2.05) is 0 Å². The lowest BCUT2D eigenvalue weighted by molar-refractivity contribution is 0.107. The molecule has 0 radical (unpaired) electrons. The van der Waals surface area contributed by atoms with Crippen molar-refractivity contribution >= 4 is 44.3 Å². The molecule has 13 heteroatoms. The van der Waals surface area contributed by atoms with Crippen molar-refractivity contribution in [1.29, 1.82) is 5.26 Å². The quantitative estimate of drug-likeness (QED) is 0.299. The number of benzene rings is 1. The summed E-state index contributed by atoms with van der Waals surface area (Å²) in [5.74, 6) is -0.736. The zero-order valence-electron chi connectivity index (χ0n) is 20.3. The van der Waals surface area contributed by atoms with E-state index in [4.69, 9.17) is 21.1 Å². The molecule has 38 heavy (non-hydrogen) atoms. The smallest absolute Gasteiger partial charge is 0.319 e. The molecule has 2 aromatic rings. The van der Waals surface area contributed by atoms with Gasteiger partial charge in [0.2, 0.25) is 0 Å². The fourth-order valence-electron chi connectivity index (χ4n) is 6.30. The van der Waals surface area contributed by atoms with Gasteiger partial charge in [-0.2, -0.15) is 15.2 Å². The second-order valence-electron chi connectivity index (χ2n) is 10.7. The Hall–Kier alpha value is -2.10. The van der Waals surface area contributed by atoms with Gasteiger partial charge in [-0.1, -0.05) is 11.6 Å². The van der Waals surface area contributed by atoms with Crippen LogP contribution in [0.5, 0.6) is 11.8 Å². The molecular weight excluding hydrogens is 594 g/mol. The number of nitriles is 1. The summed E-state index contributed by atoms with van der Waals surface area (Å²) in [4.78, 5) is 12.3. The Labute approximate surface area is 230 Å². The molecule has 1 aromatic heterocycles. The van der Waals surface area contributed by atoms with Crippen molar-refractivity contribution < 1.29 is 27.0 Å². The van der Waals surface area contributed by atoms with Crippen LogP contribution in [0.3, 0.4) is 0 Å². The molecule has 3 aliphatic heterocycles. The number of hydrogen-bond donors (Lipinski definition) is 0. The summed E-state index contributed by atoms with van der Waals surface area (Å²) in [6, 6.07) is 1.48. The zero-order valence-corrected chi connectivity index (χ0v) is 22.6. The maximum atomic E-state index is 15.5. The molecule has 3 unspecified atom stereocenters. The first-order chi connectivity index (χ1) is 18.2. The number of halogens is 6. The topological polar surface area (TPSA) is 74.5 Å². The van der Waals surface area contributed by atoms with Gasteiger partial charge in [-0.3, -0.25) is 4.90 Å². The molecule has 0 spiro atoms. The third-order valence-electron chi connectivity index (χ3n) is 8.25. The van der Waals surface area contributed by atoms with E-state index in [-0.39, 0.29) is 63.0 Å². The maximum Gasteiger partial charge on any atom is 0.319 e. The predicted octanol–water partition coefficient (Wildman–Crippen LogP) is 5.52. The lowest BCUT2D eigenvalue weighted by Gasteiger charge is -2.32. The van der Waals surface area contributed by atoms with Gasteiger partial charge in [0.25, 0.3) is 6.43 Å².